The van der Waals surface area contributed by atoms with Gasteiger partial charge in [-0.15, -0.1) is 0 Å². The van der Waals surface area contributed by atoms with Crippen LogP contribution in [-0.4, -0.2) is 32.0 Å². The van der Waals surface area contributed by atoms with Gasteiger partial charge in [-0.2, -0.15) is 0 Å². The number of benzene rings is 1. The molecule has 1 aromatic carbocycles. The molecule has 1 rings (SSSR count). The van der Waals surface area contributed by atoms with Gasteiger partial charge in [0.15, 0.2) is 9.84 Å². The highest BCUT2D eigenvalue weighted by molar-refractivity contribution is 7.92. The largest absolute Gasteiger partial charge is 0.312 e. The van der Waals surface area contributed by atoms with E-state index in [-0.39, 0.29) is 6.04 Å². The number of aryl methyl sites for hydroxylation is 1. The number of rotatable bonds is 7. The molecule has 1 unspecified atom stereocenters. The molecule has 0 saturated heterocycles. The fraction of sp³-hybridized carbons (Fsp3) is 0.625. The standard InChI is InChI=1S/C16H27NO2S/c1-6-11-17-15(16(3,4)20(5,18)19)12-14-10-8-7-9-13(14)2/h7-10,15,17H,6,11-12H2,1-5H3. The van der Waals surface area contributed by atoms with Crippen LogP contribution in [0.3, 0.4) is 0 Å². The second-order valence-corrected chi connectivity index (χ2v) is 8.61. The monoisotopic (exact) mass is 297 g/mol. The molecule has 3 nitrogen and oxygen atoms in total. The van der Waals surface area contributed by atoms with Crippen LogP contribution in [0.15, 0.2) is 24.3 Å². The van der Waals surface area contributed by atoms with Crippen LogP contribution in [0.5, 0.6) is 0 Å². The molecule has 0 aliphatic carbocycles. The van der Waals surface area contributed by atoms with Crippen molar-refractivity contribution in [3.05, 3.63) is 35.4 Å². The van der Waals surface area contributed by atoms with E-state index in [0.717, 1.165) is 19.4 Å². The van der Waals surface area contributed by atoms with E-state index in [4.69, 9.17) is 0 Å². The van der Waals surface area contributed by atoms with Crippen LogP contribution in [0.4, 0.5) is 0 Å². The third-order valence-electron chi connectivity index (χ3n) is 4.12. The van der Waals surface area contributed by atoms with E-state index >= 15 is 0 Å². The van der Waals surface area contributed by atoms with Gasteiger partial charge in [-0.25, -0.2) is 8.42 Å². The summed E-state index contributed by atoms with van der Waals surface area (Å²) < 4.78 is 23.4. The van der Waals surface area contributed by atoms with Gasteiger partial charge in [-0.05, 0) is 51.3 Å². The first-order valence-corrected chi connectivity index (χ1v) is 9.06. The van der Waals surface area contributed by atoms with Gasteiger partial charge in [-0.3, -0.25) is 0 Å². The van der Waals surface area contributed by atoms with Crippen molar-refractivity contribution in [2.24, 2.45) is 0 Å². The Kier molecular flexibility index (Phi) is 5.78. The molecular weight excluding hydrogens is 270 g/mol. The number of hydrogen-bond donors (Lipinski definition) is 1. The molecule has 0 amide bonds. The Hall–Kier alpha value is -0.870. The van der Waals surface area contributed by atoms with E-state index < -0.39 is 14.6 Å². The Morgan fingerprint density at radius 3 is 2.35 bits per heavy atom. The summed E-state index contributed by atoms with van der Waals surface area (Å²) in [5, 5.41) is 3.41. The van der Waals surface area contributed by atoms with Crippen LogP contribution in [0.1, 0.15) is 38.3 Å². The number of sulfone groups is 1. The van der Waals surface area contributed by atoms with E-state index in [1.807, 2.05) is 26.0 Å². The molecule has 4 heteroatoms. The van der Waals surface area contributed by atoms with Crippen molar-refractivity contribution in [1.82, 2.24) is 5.32 Å². The van der Waals surface area contributed by atoms with Gasteiger partial charge < -0.3 is 5.32 Å². The molecule has 0 spiro atoms. The Bertz CT molecular complexity index is 535. The lowest BCUT2D eigenvalue weighted by atomic mass is 9.93. The van der Waals surface area contributed by atoms with Crippen LogP contribution >= 0.6 is 0 Å². The zero-order valence-corrected chi connectivity index (χ0v) is 14.0. The van der Waals surface area contributed by atoms with Gasteiger partial charge in [0, 0.05) is 12.3 Å². The van der Waals surface area contributed by atoms with E-state index in [9.17, 15) is 8.42 Å². The van der Waals surface area contributed by atoms with E-state index in [2.05, 4.69) is 31.3 Å². The van der Waals surface area contributed by atoms with Crippen molar-refractivity contribution in [2.75, 3.05) is 12.8 Å². The highest BCUT2D eigenvalue weighted by atomic mass is 32.2. The molecule has 1 atom stereocenters. The predicted octanol–water partition coefficient (Wildman–Crippen LogP) is 2.73. The smallest absolute Gasteiger partial charge is 0.154 e. The fourth-order valence-corrected chi connectivity index (χ4v) is 2.88. The molecule has 0 aliphatic rings. The molecule has 0 aromatic heterocycles. The lowest BCUT2D eigenvalue weighted by Gasteiger charge is -2.34. The maximum Gasteiger partial charge on any atom is 0.154 e. The van der Waals surface area contributed by atoms with Crippen molar-refractivity contribution < 1.29 is 8.42 Å². The first kappa shape index (κ1) is 17.2. The fourth-order valence-electron chi connectivity index (χ4n) is 2.20. The van der Waals surface area contributed by atoms with Crippen LogP contribution in [0.2, 0.25) is 0 Å². The molecule has 114 valence electrons. The average molecular weight is 297 g/mol. The van der Waals surface area contributed by atoms with E-state index in [0.29, 0.717) is 0 Å². The molecule has 0 radical (unpaired) electrons. The highest BCUT2D eigenvalue weighted by Crippen LogP contribution is 2.24. The Morgan fingerprint density at radius 2 is 1.85 bits per heavy atom. The quantitative estimate of drug-likeness (QED) is 0.842. The third-order valence-corrected chi connectivity index (χ3v) is 6.32. The normalized spacial score (nSPS) is 14.2. The van der Waals surface area contributed by atoms with Crippen molar-refractivity contribution in [1.29, 1.82) is 0 Å². The average Bonchev–Trinajstić information content (AvgIpc) is 2.35. The Morgan fingerprint density at radius 1 is 1.25 bits per heavy atom. The summed E-state index contributed by atoms with van der Waals surface area (Å²) in [6, 6.07) is 8.08. The minimum atomic E-state index is -3.13. The van der Waals surface area contributed by atoms with Gasteiger partial charge in [0.25, 0.3) is 0 Å². The van der Waals surface area contributed by atoms with Gasteiger partial charge in [0.1, 0.15) is 0 Å². The first-order chi connectivity index (χ1) is 9.20. The maximum absolute atomic E-state index is 12.1. The minimum absolute atomic E-state index is 0.0847. The van der Waals surface area contributed by atoms with Gasteiger partial charge in [0.2, 0.25) is 0 Å². The van der Waals surface area contributed by atoms with Gasteiger partial charge in [-0.1, -0.05) is 31.2 Å². The summed E-state index contributed by atoms with van der Waals surface area (Å²) >= 11 is 0. The van der Waals surface area contributed by atoms with Crippen LogP contribution in [-0.2, 0) is 16.3 Å². The van der Waals surface area contributed by atoms with Gasteiger partial charge in [0.05, 0.1) is 4.75 Å². The Labute approximate surface area is 123 Å². The van der Waals surface area contributed by atoms with Crippen molar-refractivity contribution >= 4 is 9.84 Å². The summed E-state index contributed by atoms with van der Waals surface area (Å²) in [6.07, 6.45) is 3.04. The van der Waals surface area contributed by atoms with Crippen LogP contribution < -0.4 is 5.32 Å². The molecular formula is C16H27NO2S. The molecule has 1 N–H and O–H groups in total. The Balaban J connectivity index is 3.05. The maximum atomic E-state index is 12.1. The summed E-state index contributed by atoms with van der Waals surface area (Å²) in [6.45, 7) is 8.61. The zero-order chi connectivity index (χ0) is 15.4. The van der Waals surface area contributed by atoms with Crippen molar-refractivity contribution in [3.63, 3.8) is 0 Å². The number of hydrogen-bond acceptors (Lipinski definition) is 3. The molecule has 20 heavy (non-hydrogen) atoms. The lowest BCUT2D eigenvalue weighted by molar-refractivity contribution is 0.406. The second kappa shape index (κ2) is 6.72. The molecule has 0 bridgehead atoms. The highest BCUT2D eigenvalue weighted by Gasteiger charge is 2.38. The van der Waals surface area contributed by atoms with Crippen LogP contribution in [0.25, 0.3) is 0 Å². The van der Waals surface area contributed by atoms with E-state index in [1.54, 1.807) is 0 Å². The lowest BCUT2D eigenvalue weighted by Crippen LogP contribution is -2.52. The van der Waals surface area contributed by atoms with Crippen LogP contribution in [0, 0.1) is 6.92 Å². The summed E-state index contributed by atoms with van der Waals surface area (Å²) in [5.41, 5.74) is 2.41. The summed E-state index contributed by atoms with van der Waals surface area (Å²) in [5.74, 6) is 0. The van der Waals surface area contributed by atoms with Crippen molar-refractivity contribution in [2.45, 2.75) is 51.3 Å². The van der Waals surface area contributed by atoms with E-state index in [1.165, 1.54) is 17.4 Å². The predicted molar refractivity (Wildman–Crippen MR) is 85.9 cm³/mol. The van der Waals surface area contributed by atoms with Gasteiger partial charge >= 0.3 is 0 Å². The molecule has 0 heterocycles. The summed E-state index contributed by atoms with van der Waals surface area (Å²) in [7, 11) is -3.13. The molecule has 0 fully saturated rings. The minimum Gasteiger partial charge on any atom is -0.312 e. The van der Waals surface area contributed by atoms with Crippen molar-refractivity contribution in [3.8, 4) is 0 Å². The first-order valence-electron chi connectivity index (χ1n) is 7.17. The number of nitrogens with one attached hydrogen (secondary N) is 1. The molecule has 0 saturated carbocycles. The molecule has 1 aromatic rings. The third kappa shape index (κ3) is 4.06. The topological polar surface area (TPSA) is 46.2 Å². The zero-order valence-electron chi connectivity index (χ0n) is 13.2. The second-order valence-electron chi connectivity index (χ2n) is 6.01. The molecule has 0 aliphatic heterocycles. The SMILES string of the molecule is CCCNC(Cc1ccccc1C)C(C)(C)S(C)(=O)=O. The summed E-state index contributed by atoms with van der Waals surface area (Å²) in [4.78, 5) is 0.